The molecule has 0 aliphatic heterocycles. The highest BCUT2D eigenvalue weighted by Gasteiger charge is 2.25. The summed E-state index contributed by atoms with van der Waals surface area (Å²) < 4.78 is 0. The number of benzene rings is 1. The summed E-state index contributed by atoms with van der Waals surface area (Å²) in [6.45, 7) is 4.61. The minimum absolute atomic E-state index is 0.415. The smallest absolute Gasteiger partial charge is 0.115 e. The Bertz CT molecular complexity index is 343. The second-order valence-electron chi connectivity index (χ2n) is 4.79. The fraction of sp³-hybridized carbons (Fsp3) is 0.571. The van der Waals surface area contributed by atoms with E-state index in [0.29, 0.717) is 11.7 Å². The molecule has 0 spiro atoms. The van der Waals surface area contributed by atoms with Gasteiger partial charge in [0.2, 0.25) is 0 Å². The molecule has 0 saturated carbocycles. The van der Waals surface area contributed by atoms with Gasteiger partial charge in [0.1, 0.15) is 5.75 Å². The first-order chi connectivity index (χ1) is 7.22. The molecule has 0 bridgehead atoms. The van der Waals surface area contributed by atoms with Gasteiger partial charge in [-0.1, -0.05) is 26.3 Å². The Morgan fingerprint density at radius 2 is 2.20 bits per heavy atom. The molecular formula is C14H20O. The maximum absolute atomic E-state index is 9.47. The van der Waals surface area contributed by atoms with Crippen LogP contribution in [0.4, 0.5) is 0 Å². The van der Waals surface area contributed by atoms with E-state index in [0.717, 1.165) is 12.3 Å². The second-order valence-corrected chi connectivity index (χ2v) is 4.79. The Morgan fingerprint density at radius 1 is 1.40 bits per heavy atom. The van der Waals surface area contributed by atoms with Crippen LogP contribution in [0.15, 0.2) is 18.2 Å². The van der Waals surface area contributed by atoms with E-state index < -0.39 is 0 Å². The summed E-state index contributed by atoms with van der Waals surface area (Å²) >= 11 is 0. The van der Waals surface area contributed by atoms with Crippen molar-refractivity contribution in [2.24, 2.45) is 5.92 Å². The minimum Gasteiger partial charge on any atom is -0.508 e. The highest BCUT2D eigenvalue weighted by Crippen LogP contribution is 2.39. The fourth-order valence-corrected chi connectivity index (χ4v) is 2.81. The fourth-order valence-electron chi connectivity index (χ4n) is 2.81. The molecule has 1 aliphatic rings. The first kappa shape index (κ1) is 10.5. The summed E-state index contributed by atoms with van der Waals surface area (Å²) in [4.78, 5) is 0. The lowest BCUT2D eigenvalue weighted by Gasteiger charge is -2.31. The summed E-state index contributed by atoms with van der Waals surface area (Å²) in [7, 11) is 0. The second kappa shape index (κ2) is 4.26. The number of hydrogen-bond donors (Lipinski definition) is 1. The van der Waals surface area contributed by atoms with E-state index in [9.17, 15) is 5.11 Å². The summed E-state index contributed by atoms with van der Waals surface area (Å²) in [5.74, 6) is 1.92. The van der Waals surface area contributed by atoms with Crippen LogP contribution < -0.4 is 0 Å². The predicted octanol–water partition coefficient (Wildman–Crippen LogP) is 3.86. The maximum Gasteiger partial charge on any atom is 0.115 e. The molecule has 2 rings (SSSR count). The number of rotatable bonds is 2. The van der Waals surface area contributed by atoms with Crippen LogP contribution >= 0.6 is 0 Å². The van der Waals surface area contributed by atoms with Crippen molar-refractivity contribution in [3.63, 3.8) is 0 Å². The molecule has 1 aromatic carbocycles. The molecule has 1 nitrogen and oxygen atoms in total. The average Bonchev–Trinajstić information content (AvgIpc) is 2.22. The quantitative estimate of drug-likeness (QED) is 0.775. The van der Waals surface area contributed by atoms with E-state index in [1.807, 2.05) is 12.1 Å². The van der Waals surface area contributed by atoms with Gasteiger partial charge in [-0.15, -0.1) is 0 Å². The Kier molecular flexibility index (Phi) is 2.99. The zero-order valence-corrected chi connectivity index (χ0v) is 9.66. The van der Waals surface area contributed by atoms with E-state index in [1.54, 1.807) is 0 Å². The third-order valence-corrected chi connectivity index (χ3v) is 3.68. The molecule has 0 fully saturated rings. The largest absolute Gasteiger partial charge is 0.508 e. The van der Waals surface area contributed by atoms with Crippen LogP contribution in [0.3, 0.4) is 0 Å². The van der Waals surface area contributed by atoms with Crippen molar-refractivity contribution in [2.75, 3.05) is 0 Å². The zero-order chi connectivity index (χ0) is 10.8. The van der Waals surface area contributed by atoms with Gasteiger partial charge < -0.3 is 5.11 Å². The predicted molar refractivity (Wildman–Crippen MR) is 63.2 cm³/mol. The van der Waals surface area contributed by atoms with Crippen molar-refractivity contribution in [3.8, 4) is 5.75 Å². The van der Waals surface area contributed by atoms with Crippen LogP contribution in [0.1, 0.15) is 50.2 Å². The molecule has 82 valence electrons. The molecule has 0 aromatic heterocycles. The van der Waals surface area contributed by atoms with E-state index in [1.165, 1.54) is 30.4 Å². The molecule has 0 amide bonds. The van der Waals surface area contributed by atoms with Crippen molar-refractivity contribution in [1.29, 1.82) is 0 Å². The van der Waals surface area contributed by atoms with Gasteiger partial charge in [-0.2, -0.15) is 0 Å². The molecule has 0 heterocycles. The Balaban J connectivity index is 2.34. The van der Waals surface area contributed by atoms with Crippen LogP contribution in [-0.2, 0) is 6.42 Å². The van der Waals surface area contributed by atoms with Gasteiger partial charge in [0, 0.05) is 0 Å². The Hall–Kier alpha value is -0.980. The van der Waals surface area contributed by atoms with Crippen LogP contribution in [0.25, 0.3) is 0 Å². The Labute approximate surface area is 92.1 Å². The highest BCUT2D eigenvalue weighted by atomic mass is 16.3. The first-order valence-corrected chi connectivity index (χ1v) is 6.04. The SMILES string of the molecule is CCCC1c2ccc(O)cc2CCC1C. The van der Waals surface area contributed by atoms with Gasteiger partial charge in [-0.25, -0.2) is 0 Å². The summed E-state index contributed by atoms with van der Waals surface area (Å²) in [6, 6.07) is 5.91. The van der Waals surface area contributed by atoms with Crippen LogP contribution in [0.5, 0.6) is 5.75 Å². The maximum atomic E-state index is 9.47. The molecule has 15 heavy (non-hydrogen) atoms. The standard InChI is InChI=1S/C14H20O/c1-3-4-13-10(2)5-6-11-9-12(15)7-8-14(11)13/h7-10,13,15H,3-6H2,1-2H3. The number of phenolic OH excluding ortho intramolecular Hbond substituents is 1. The van der Waals surface area contributed by atoms with Gasteiger partial charge in [0.25, 0.3) is 0 Å². The molecular weight excluding hydrogens is 184 g/mol. The van der Waals surface area contributed by atoms with E-state index in [-0.39, 0.29) is 0 Å². The number of phenols is 1. The highest BCUT2D eigenvalue weighted by molar-refractivity contribution is 5.39. The van der Waals surface area contributed by atoms with Crippen molar-refractivity contribution < 1.29 is 5.11 Å². The number of fused-ring (bicyclic) bond motifs is 1. The van der Waals surface area contributed by atoms with Crippen LogP contribution in [0.2, 0.25) is 0 Å². The molecule has 2 atom stereocenters. The number of aryl methyl sites for hydroxylation is 1. The average molecular weight is 204 g/mol. The number of hydrogen-bond acceptors (Lipinski definition) is 1. The molecule has 2 unspecified atom stereocenters. The lowest BCUT2D eigenvalue weighted by Crippen LogP contribution is -2.18. The normalized spacial score (nSPS) is 24.9. The van der Waals surface area contributed by atoms with Crippen molar-refractivity contribution in [1.82, 2.24) is 0 Å². The van der Waals surface area contributed by atoms with Crippen molar-refractivity contribution in [3.05, 3.63) is 29.3 Å². The minimum atomic E-state index is 0.415. The summed E-state index contributed by atoms with van der Waals surface area (Å²) in [6.07, 6.45) is 4.92. The van der Waals surface area contributed by atoms with E-state index in [4.69, 9.17) is 0 Å². The molecule has 0 radical (unpaired) electrons. The van der Waals surface area contributed by atoms with E-state index >= 15 is 0 Å². The molecule has 1 N–H and O–H groups in total. The van der Waals surface area contributed by atoms with Gasteiger partial charge in [-0.3, -0.25) is 0 Å². The van der Waals surface area contributed by atoms with Gasteiger partial charge >= 0.3 is 0 Å². The monoisotopic (exact) mass is 204 g/mol. The van der Waals surface area contributed by atoms with Gasteiger partial charge in [0.05, 0.1) is 0 Å². The summed E-state index contributed by atoms with van der Waals surface area (Å²) in [5.41, 5.74) is 2.85. The lowest BCUT2D eigenvalue weighted by molar-refractivity contribution is 0.379. The molecule has 1 aromatic rings. The van der Waals surface area contributed by atoms with Gasteiger partial charge in [-0.05, 0) is 54.4 Å². The number of aromatic hydroxyl groups is 1. The third kappa shape index (κ3) is 2.01. The first-order valence-electron chi connectivity index (χ1n) is 6.04. The third-order valence-electron chi connectivity index (χ3n) is 3.68. The van der Waals surface area contributed by atoms with Crippen LogP contribution in [-0.4, -0.2) is 5.11 Å². The molecule has 1 aliphatic carbocycles. The zero-order valence-electron chi connectivity index (χ0n) is 9.66. The van der Waals surface area contributed by atoms with Crippen LogP contribution in [0, 0.1) is 5.92 Å². The topological polar surface area (TPSA) is 20.2 Å². The van der Waals surface area contributed by atoms with Crippen molar-refractivity contribution >= 4 is 0 Å². The Morgan fingerprint density at radius 3 is 2.93 bits per heavy atom. The van der Waals surface area contributed by atoms with E-state index in [2.05, 4.69) is 19.9 Å². The van der Waals surface area contributed by atoms with Gasteiger partial charge in [0.15, 0.2) is 0 Å². The molecule has 0 saturated heterocycles. The lowest BCUT2D eigenvalue weighted by atomic mass is 9.74. The summed E-state index contributed by atoms with van der Waals surface area (Å²) in [5, 5.41) is 9.47. The van der Waals surface area contributed by atoms with Crippen molar-refractivity contribution in [2.45, 2.75) is 45.4 Å². The molecule has 1 heteroatoms.